The van der Waals surface area contributed by atoms with E-state index in [2.05, 4.69) is 5.32 Å². The molecule has 2 aromatic carbocycles. The fraction of sp³-hybridized carbons (Fsp3) is 0.375. The molecule has 0 saturated carbocycles. The van der Waals surface area contributed by atoms with Gasteiger partial charge in [-0.1, -0.05) is 30.3 Å². The van der Waals surface area contributed by atoms with E-state index in [1.807, 2.05) is 42.5 Å². The molecule has 0 aliphatic heterocycles. The first-order valence-corrected chi connectivity index (χ1v) is 6.97. The Labute approximate surface area is 123 Å². The Kier molecular flexibility index (Phi) is 5.95. The number of fused-ring (bicyclic) bond motifs is 1. The molecule has 0 bridgehead atoms. The molecule has 0 amide bonds. The lowest BCUT2D eigenvalue weighted by atomic mass is 10.1. The van der Waals surface area contributed by atoms with Crippen molar-refractivity contribution in [3.63, 3.8) is 0 Å². The first-order valence-electron chi connectivity index (χ1n) is 6.97. The van der Waals surface area contributed by atoms with Gasteiger partial charge in [0.2, 0.25) is 0 Å². The quantitative estimate of drug-likeness (QED) is 0.570. The van der Waals surface area contributed by atoms with Gasteiger partial charge >= 0.3 is 0 Å². The van der Waals surface area contributed by atoms with Crippen molar-refractivity contribution in [1.82, 2.24) is 5.32 Å². The summed E-state index contributed by atoms with van der Waals surface area (Å²) in [5.74, 6) is 0.702. The molecule has 0 aromatic heterocycles. The Morgan fingerprint density at radius 2 is 1.71 bits per heavy atom. The molecule has 0 saturated heterocycles. The van der Waals surface area contributed by atoms with Crippen LogP contribution in [0.4, 0.5) is 0 Å². The molecule has 0 aliphatic rings. The predicted octanol–water partition coefficient (Wildman–Crippen LogP) is 0.522. The molecule has 2 rings (SSSR count). The van der Waals surface area contributed by atoms with Crippen LogP contribution in [0.5, 0.6) is 5.75 Å². The molecule has 5 heteroatoms. The third kappa shape index (κ3) is 4.68. The zero-order valence-electron chi connectivity index (χ0n) is 11.8. The minimum atomic E-state index is -0.711. The van der Waals surface area contributed by atoms with Crippen LogP contribution in [0.2, 0.25) is 0 Å². The van der Waals surface area contributed by atoms with Gasteiger partial charge in [0.15, 0.2) is 0 Å². The molecule has 1 unspecified atom stereocenters. The molecule has 1 atom stereocenters. The Morgan fingerprint density at radius 3 is 2.43 bits per heavy atom. The van der Waals surface area contributed by atoms with E-state index in [-0.39, 0.29) is 26.4 Å². The molecule has 0 spiro atoms. The van der Waals surface area contributed by atoms with Crippen LogP contribution in [0.15, 0.2) is 42.5 Å². The maximum atomic E-state index is 9.81. The van der Waals surface area contributed by atoms with Gasteiger partial charge < -0.3 is 25.4 Å². The summed E-state index contributed by atoms with van der Waals surface area (Å²) >= 11 is 0. The van der Waals surface area contributed by atoms with E-state index in [0.29, 0.717) is 5.75 Å². The summed E-state index contributed by atoms with van der Waals surface area (Å²) in [6.45, 7) is 0.0534. The number of hydrogen-bond donors (Lipinski definition) is 4. The van der Waals surface area contributed by atoms with Crippen molar-refractivity contribution >= 4 is 10.8 Å². The number of aliphatic hydroxyl groups is 3. The molecule has 21 heavy (non-hydrogen) atoms. The number of rotatable bonds is 8. The van der Waals surface area contributed by atoms with Crippen molar-refractivity contribution in [2.24, 2.45) is 0 Å². The number of aliphatic hydroxyl groups excluding tert-OH is 3. The van der Waals surface area contributed by atoms with E-state index in [0.717, 1.165) is 10.8 Å². The first-order chi connectivity index (χ1) is 10.2. The Bertz CT molecular complexity index is 557. The number of nitrogens with one attached hydrogen (secondary N) is 1. The standard InChI is InChI=1S/C16H21NO4/c18-9-14(10-19)17-8-15(20)11-21-16-6-5-12-3-1-2-4-13(12)7-16/h1-7,14-15,17-20H,8-11H2. The Balaban J connectivity index is 1.83. The first kappa shape index (κ1) is 15.7. The molecule has 114 valence electrons. The van der Waals surface area contributed by atoms with Crippen molar-refractivity contribution in [2.75, 3.05) is 26.4 Å². The second-order valence-corrected chi connectivity index (χ2v) is 4.94. The maximum Gasteiger partial charge on any atom is 0.120 e. The number of hydrogen-bond acceptors (Lipinski definition) is 5. The van der Waals surface area contributed by atoms with E-state index in [4.69, 9.17) is 14.9 Å². The van der Waals surface area contributed by atoms with Gasteiger partial charge in [-0.2, -0.15) is 0 Å². The normalized spacial score (nSPS) is 12.8. The average Bonchev–Trinajstić information content (AvgIpc) is 2.53. The van der Waals surface area contributed by atoms with Crippen molar-refractivity contribution < 1.29 is 20.1 Å². The molecule has 5 nitrogen and oxygen atoms in total. The van der Waals surface area contributed by atoms with Gasteiger partial charge in [0.05, 0.1) is 19.3 Å². The fourth-order valence-corrected chi connectivity index (χ4v) is 2.00. The van der Waals surface area contributed by atoms with E-state index < -0.39 is 12.1 Å². The van der Waals surface area contributed by atoms with E-state index >= 15 is 0 Å². The molecule has 0 heterocycles. The van der Waals surface area contributed by atoms with Gasteiger partial charge in [-0.3, -0.25) is 0 Å². The Morgan fingerprint density at radius 1 is 1.00 bits per heavy atom. The monoisotopic (exact) mass is 291 g/mol. The zero-order chi connectivity index (χ0) is 15.1. The molecule has 4 N–H and O–H groups in total. The highest BCUT2D eigenvalue weighted by molar-refractivity contribution is 5.83. The highest BCUT2D eigenvalue weighted by Crippen LogP contribution is 2.20. The summed E-state index contributed by atoms with van der Waals surface area (Å²) in [7, 11) is 0. The summed E-state index contributed by atoms with van der Waals surface area (Å²) in [6, 6.07) is 13.3. The van der Waals surface area contributed by atoms with Gasteiger partial charge in [0, 0.05) is 6.54 Å². The highest BCUT2D eigenvalue weighted by atomic mass is 16.5. The zero-order valence-corrected chi connectivity index (χ0v) is 11.8. The third-order valence-corrected chi connectivity index (χ3v) is 3.25. The van der Waals surface area contributed by atoms with Crippen LogP contribution in [0.1, 0.15) is 0 Å². The summed E-state index contributed by atoms with van der Waals surface area (Å²) in [6.07, 6.45) is -0.711. The van der Waals surface area contributed by atoms with Gasteiger partial charge in [-0.25, -0.2) is 0 Å². The molecule has 2 aromatic rings. The largest absolute Gasteiger partial charge is 0.491 e. The SMILES string of the molecule is OCC(CO)NCC(O)COc1ccc2ccccc2c1. The van der Waals surface area contributed by atoms with Crippen molar-refractivity contribution in [2.45, 2.75) is 12.1 Å². The topological polar surface area (TPSA) is 82.0 Å². The van der Waals surface area contributed by atoms with E-state index in [1.54, 1.807) is 0 Å². The van der Waals surface area contributed by atoms with Crippen LogP contribution in [0.25, 0.3) is 10.8 Å². The maximum absolute atomic E-state index is 9.81. The van der Waals surface area contributed by atoms with E-state index in [1.165, 1.54) is 0 Å². The average molecular weight is 291 g/mol. The van der Waals surface area contributed by atoms with Gasteiger partial charge in [0.25, 0.3) is 0 Å². The van der Waals surface area contributed by atoms with E-state index in [9.17, 15) is 5.11 Å². The van der Waals surface area contributed by atoms with Gasteiger partial charge in [-0.15, -0.1) is 0 Å². The fourth-order valence-electron chi connectivity index (χ4n) is 2.00. The van der Waals surface area contributed by atoms with Crippen LogP contribution < -0.4 is 10.1 Å². The van der Waals surface area contributed by atoms with Gasteiger partial charge in [0.1, 0.15) is 18.5 Å². The minimum Gasteiger partial charge on any atom is -0.491 e. The van der Waals surface area contributed by atoms with Crippen LogP contribution in [-0.2, 0) is 0 Å². The molecular formula is C16H21NO4. The van der Waals surface area contributed by atoms with Crippen LogP contribution in [-0.4, -0.2) is 53.8 Å². The lowest BCUT2D eigenvalue weighted by Crippen LogP contribution is -2.41. The minimum absolute atomic E-state index is 0.148. The summed E-state index contributed by atoms with van der Waals surface area (Å²) in [4.78, 5) is 0. The van der Waals surface area contributed by atoms with Crippen molar-refractivity contribution in [3.05, 3.63) is 42.5 Å². The Hall–Kier alpha value is -1.66. The van der Waals surface area contributed by atoms with Crippen molar-refractivity contribution in [3.8, 4) is 5.75 Å². The predicted molar refractivity (Wildman–Crippen MR) is 81.4 cm³/mol. The van der Waals surface area contributed by atoms with Crippen LogP contribution in [0.3, 0.4) is 0 Å². The van der Waals surface area contributed by atoms with Crippen LogP contribution in [0, 0.1) is 0 Å². The lowest BCUT2D eigenvalue weighted by Gasteiger charge is -2.17. The number of ether oxygens (including phenoxy) is 1. The lowest BCUT2D eigenvalue weighted by molar-refractivity contribution is 0.0930. The third-order valence-electron chi connectivity index (χ3n) is 3.25. The summed E-state index contributed by atoms with van der Waals surface area (Å²) in [5.41, 5.74) is 0. The number of benzene rings is 2. The smallest absolute Gasteiger partial charge is 0.120 e. The van der Waals surface area contributed by atoms with Gasteiger partial charge in [-0.05, 0) is 22.9 Å². The molecule has 0 fully saturated rings. The molecule has 0 aliphatic carbocycles. The highest BCUT2D eigenvalue weighted by Gasteiger charge is 2.10. The van der Waals surface area contributed by atoms with Crippen molar-refractivity contribution in [1.29, 1.82) is 0 Å². The second kappa shape index (κ2) is 7.95. The second-order valence-electron chi connectivity index (χ2n) is 4.94. The summed E-state index contributed by atoms with van der Waals surface area (Å²) in [5, 5.41) is 32.7. The molecular weight excluding hydrogens is 270 g/mol. The summed E-state index contributed by atoms with van der Waals surface area (Å²) < 4.78 is 5.56. The molecule has 0 radical (unpaired) electrons. The van der Waals surface area contributed by atoms with Crippen LogP contribution >= 0.6 is 0 Å².